The molecule has 0 radical (unpaired) electrons. The highest BCUT2D eigenvalue weighted by Gasteiger charge is 2.74. The molecule has 2 aliphatic heterocycles. The summed E-state index contributed by atoms with van der Waals surface area (Å²) in [6, 6.07) is 1.50. The highest BCUT2D eigenvalue weighted by atomic mass is 16.5. The molecule has 3 fully saturated rings. The number of rotatable bonds is 4. The second-order valence-electron chi connectivity index (χ2n) is 9.26. The van der Waals surface area contributed by atoms with Crippen LogP contribution in [-0.4, -0.2) is 58.3 Å². The lowest BCUT2D eigenvalue weighted by molar-refractivity contribution is -0.211. The molecule has 0 amide bonds. The number of carbonyl (C=O) groups excluding carboxylic acids is 1. The molecule has 1 aromatic carbocycles. The van der Waals surface area contributed by atoms with Crippen molar-refractivity contribution in [1.82, 2.24) is 4.90 Å². The summed E-state index contributed by atoms with van der Waals surface area (Å²) in [4.78, 5) is 15.5. The van der Waals surface area contributed by atoms with Crippen molar-refractivity contribution in [3.8, 4) is 17.2 Å². The predicted molar refractivity (Wildman–Crippen MR) is 101 cm³/mol. The van der Waals surface area contributed by atoms with Gasteiger partial charge in [-0.15, -0.1) is 0 Å². The van der Waals surface area contributed by atoms with Crippen molar-refractivity contribution in [3.63, 3.8) is 0 Å². The topological polar surface area (TPSA) is 79.2 Å². The van der Waals surface area contributed by atoms with E-state index in [2.05, 4.69) is 4.90 Å². The molecule has 1 aromatic rings. The van der Waals surface area contributed by atoms with Gasteiger partial charge in [-0.25, -0.2) is 0 Å². The highest BCUT2D eigenvalue weighted by Crippen LogP contribution is 2.67. The zero-order chi connectivity index (χ0) is 19.3. The van der Waals surface area contributed by atoms with E-state index in [4.69, 9.17) is 9.47 Å². The summed E-state index contributed by atoms with van der Waals surface area (Å²) in [6.07, 6.45) is 4.51. The standard InChI is InChI=1S/C22H27NO5/c1-2-27-22-6-5-14(24)20-21(22)7-8-23(11-12-3-4-12)17(22)9-13-15(25)10-16(26)19(28-20)18(13)21/h10,12,17,20,25-26H,2-9,11H2,1H3/t17-,20?,21+,22-/m1/s1. The quantitative estimate of drug-likeness (QED) is 0.828. The molecule has 0 aromatic heterocycles. The third-order valence-electron chi connectivity index (χ3n) is 8.03. The molecule has 6 rings (SSSR count). The van der Waals surface area contributed by atoms with E-state index in [-0.39, 0.29) is 23.3 Å². The summed E-state index contributed by atoms with van der Waals surface area (Å²) in [5.41, 5.74) is 0.568. The third kappa shape index (κ3) is 1.84. The molecule has 1 saturated heterocycles. The van der Waals surface area contributed by atoms with Crippen LogP contribution in [0.1, 0.15) is 50.2 Å². The minimum atomic E-state index is -0.625. The van der Waals surface area contributed by atoms with Crippen molar-refractivity contribution in [1.29, 1.82) is 0 Å². The van der Waals surface area contributed by atoms with Crippen molar-refractivity contribution in [2.75, 3.05) is 19.7 Å². The SMILES string of the molecule is CCO[C@@]12CCC(=O)C3Oc4c(O)cc(O)c5c4[C@@]31CCN(CC1CC1)[C@@H]2C5. The molecule has 2 saturated carbocycles. The van der Waals surface area contributed by atoms with E-state index in [1.54, 1.807) is 0 Å². The van der Waals surface area contributed by atoms with Crippen LogP contribution in [0.4, 0.5) is 0 Å². The number of ketones is 1. The lowest BCUT2D eigenvalue weighted by atomic mass is 9.48. The molecule has 6 heteroatoms. The van der Waals surface area contributed by atoms with Crippen LogP contribution in [0.5, 0.6) is 17.2 Å². The number of hydrogen-bond acceptors (Lipinski definition) is 6. The first-order valence-electron chi connectivity index (χ1n) is 10.7. The van der Waals surface area contributed by atoms with Crippen LogP contribution in [-0.2, 0) is 21.4 Å². The first kappa shape index (κ1) is 17.1. The van der Waals surface area contributed by atoms with Crippen LogP contribution in [0, 0.1) is 5.92 Å². The fourth-order valence-corrected chi connectivity index (χ4v) is 6.85. The number of phenols is 2. The number of Topliss-reactive ketones (excluding diaryl/α,β-unsaturated/α-hetero) is 1. The van der Waals surface area contributed by atoms with Gasteiger partial charge in [0.25, 0.3) is 0 Å². The van der Waals surface area contributed by atoms with Gasteiger partial charge in [-0.2, -0.15) is 0 Å². The number of aromatic hydroxyl groups is 2. The minimum absolute atomic E-state index is 0.0721. The van der Waals surface area contributed by atoms with E-state index in [0.29, 0.717) is 31.6 Å². The summed E-state index contributed by atoms with van der Waals surface area (Å²) in [6.45, 7) is 4.56. The fourth-order valence-electron chi connectivity index (χ4n) is 6.85. The second kappa shape index (κ2) is 5.42. The Morgan fingerprint density at radius 1 is 1.29 bits per heavy atom. The summed E-state index contributed by atoms with van der Waals surface area (Å²) in [7, 11) is 0. The van der Waals surface area contributed by atoms with Crippen molar-refractivity contribution >= 4 is 5.78 Å². The number of benzene rings is 1. The Labute approximate surface area is 164 Å². The average molecular weight is 385 g/mol. The molecule has 2 N–H and O–H groups in total. The van der Waals surface area contributed by atoms with Gasteiger partial charge in [-0.05, 0) is 51.5 Å². The van der Waals surface area contributed by atoms with Crippen molar-refractivity contribution in [2.24, 2.45) is 5.92 Å². The van der Waals surface area contributed by atoms with Gasteiger partial charge >= 0.3 is 0 Å². The summed E-state index contributed by atoms with van der Waals surface area (Å²) >= 11 is 0. The number of ether oxygens (including phenoxy) is 2. The number of carbonyl (C=O) groups is 1. The van der Waals surface area contributed by atoms with Gasteiger partial charge in [-0.3, -0.25) is 9.69 Å². The van der Waals surface area contributed by atoms with E-state index in [9.17, 15) is 15.0 Å². The Bertz CT molecular complexity index is 880. The molecule has 6 nitrogen and oxygen atoms in total. The lowest BCUT2D eigenvalue weighted by Gasteiger charge is -2.64. The molecule has 28 heavy (non-hydrogen) atoms. The molecule has 3 aliphatic carbocycles. The number of nitrogens with zero attached hydrogens (tertiary/aromatic N) is 1. The Kier molecular flexibility index (Phi) is 3.31. The maximum Gasteiger partial charge on any atom is 0.174 e. The Morgan fingerprint density at radius 2 is 2.11 bits per heavy atom. The molecule has 1 unspecified atom stereocenters. The zero-order valence-electron chi connectivity index (χ0n) is 16.2. The fraction of sp³-hybridized carbons (Fsp3) is 0.682. The van der Waals surface area contributed by atoms with Crippen LogP contribution in [0.2, 0.25) is 0 Å². The number of hydrogen-bond donors (Lipinski definition) is 2. The summed E-state index contributed by atoms with van der Waals surface area (Å²) in [5.74, 6) is 1.29. The molecule has 2 bridgehead atoms. The number of piperidine rings is 1. The Morgan fingerprint density at radius 3 is 2.86 bits per heavy atom. The van der Waals surface area contributed by atoms with E-state index >= 15 is 0 Å². The van der Waals surface area contributed by atoms with Crippen LogP contribution < -0.4 is 4.74 Å². The van der Waals surface area contributed by atoms with E-state index in [1.165, 1.54) is 18.9 Å². The molecular formula is C22H27NO5. The van der Waals surface area contributed by atoms with Crippen LogP contribution >= 0.6 is 0 Å². The zero-order valence-corrected chi connectivity index (χ0v) is 16.2. The molecule has 150 valence electrons. The summed E-state index contributed by atoms with van der Waals surface area (Å²) < 4.78 is 12.8. The van der Waals surface area contributed by atoms with Gasteiger partial charge in [0, 0.05) is 42.8 Å². The minimum Gasteiger partial charge on any atom is -0.508 e. The van der Waals surface area contributed by atoms with Gasteiger partial charge in [0.2, 0.25) is 0 Å². The summed E-state index contributed by atoms with van der Waals surface area (Å²) in [5, 5.41) is 21.2. The van der Waals surface area contributed by atoms with E-state index < -0.39 is 17.1 Å². The Balaban J connectivity index is 1.61. The normalized spacial score (nSPS) is 38.2. The number of likely N-dealkylation sites (tertiary alicyclic amines) is 1. The molecular weight excluding hydrogens is 358 g/mol. The predicted octanol–water partition coefficient (Wildman–Crippen LogP) is 2.28. The lowest BCUT2D eigenvalue weighted by Crippen LogP contribution is -2.77. The first-order chi connectivity index (χ1) is 13.5. The van der Waals surface area contributed by atoms with Gasteiger partial charge in [0.1, 0.15) is 5.75 Å². The third-order valence-corrected chi connectivity index (χ3v) is 8.03. The first-order valence-corrected chi connectivity index (χ1v) is 10.7. The molecule has 2 heterocycles. The number of phenolic OH excluding ortho intramolecular Hbond substituents is 2. The van der Waals surface area contributed by atoms with Crippen molar-refractivity contribution < 1.29 is 24.5 Å². The molecule has 4 atom stereocenters. The van der Waals surface area contributed by atoms with Gasteiger partial charge in [-0.1, -0.05) is 0 Å². The monoisotopic (exact) mass is 385 g/mol. The van der Waals surface area contributed by atoms with Gasteiger partial charge in [0.05, 0.1) is 11.0 Å². The smallest absolute Gasteiger partial charge is 0.174 e. The molecule has 5 aliphatic rings. The van der Waals surface area contributed by atoms with E-state index in [0.717, 1.165) is 36.6 Å². The second-order valence-corrected chi connectivity index (χ2v) is 9.26. The maximum absolute atomic E-state index is 13.0. The molecule has 1 spiro atoms. The van der Waals surface area contributed by atoms with Crippen LogP contribution in [0.3, 0.4) is 0 Å². The Hall–Kier alpha value is -1.79. The average Bonchev–Trinajstić information content (AvgIpc) is 3.40. The van der Waals surface area contributed by atoms with Crippen LogP contribution in [0.25, 0.3) is 0 Å². The maximum atomic E-state index is 13.0. The van der Waals surface area contributed by atoms with Gasteiger partial charge < -0.3 is 19.7 Å². The highest BCUT2D eigenvalue weighted by molar-refractivity contribution is 5.90. The van der Waals surface area contributed by atoms with Crippen LogP contribution in [0.15, 0.2) is 6.07 Å². The van der Waals surface area contributed by atoms with Gasteiger partial charge in [0.15, 0.2) is 23.4 Å². The largest absolute Gasteiger partial charge is 0.508 e. The van der Waals surface area contributed by atoms with Crippen molar-refractivity contribution in [2.45, 2.75) is 68.6 Å². The van der Waals surface area contributed by atoms with E-state index in [1.807, 2.05) is 6.92 Å². The van der Waals surface area contributed by atoms with Crippen molar-refractivity contribution in [3.05, 3.63) is 17.2 Å².